The summed E-state index contributed by atoms with van der Waals surface area (Å²) in [5.41, 5.74) is 0.965. The zero-order valence-corrected chi connectivity index (χ0v) is 13.3. The fourth-order valence-electron chi connectivity index (χ4n) is 2.58. The standard InChI is InChI=1S/C13H18N4O4S/c1-3-17-7-9(6-14-17)12-10(4-5-20-12)13-15-11(16-21-13)8-22(2,18)19/h6-7,10,12H,3-5,8H2,1-2H3/t10-,12+/m1/s1. The molecule has 0 aliphatic carbocycles. The van der Waals surface area contributed by atoms with Crippen LogP contribution < -0.4 is 0 Å². The van der Waals surface area contributed by atoms with Gasteiger partial charge in [0.15, 0.2) is 15.7 Å². The van der Waals surface area contributed by atoms with Gasteiger partial charge in [-0.05, 0) is 13.3 Å². The van der Waals surface area contributed by atoms with E-state index in [1.807, 2.05) is 17.8 Å². The number of hydrogen-bond acceptors (Lipinski definition) is 7. The maximum atomic E-state index is 11.3. The third kappa shape index (κ3) is 3.20. The van der Waals surface area contributed by atoms with E-state index in [0.717, 1.165) is 24.8 Å². The maximum Gasteiger partial charge on any atom is 0.232 e. The number of ether oxygens (including phenoxy) is 1. The third-order valence-corrected chi connectivity index (χ3v) is 4.37. The Hall–Kier alpha value is -1.74. The van der Waals surface area contributed by atoms with Crippen molar-refractivity contribution >= 4 is 9.84 Å². The van der Waals surface area contributed by atoms with Gasteiger partial charge in [0, 0.05) is 31.2 Å². The van der Waals surface area contributed by atoms with Gasteiger partial charge in [-0.1, -0.05) is 5.16 Å². The highest BCUT2D eigenvalue weighted by atomic mass is 32.2. The first kappa shape index (κ1) is 15.2. The van der Waals surface area contributed by atoms with Crippen molar-refractivity contribution in [3.8, 4) is 0 Å². The van der Waals surface area contributed by atoms with Crippen molar-refractivity contribution in [2.45, 2.75) is 37.7 Å². The molecule has 2 aromatic rings. The van der Waals surface area contributed by atoms with E-state index in [9.17, 15) is 8.42 Å². The lowest BCUT2D eigenvalue weighted by atomic mass is 9.97. The Labute approximate surface area is 128 Å². The smallest absolute Gasteiger partial charge is 0.232 e. The molecule has 0 bridgehead atoms. The fourth-order valence-corrected chi connectivity index (χ4v) is 3.17. The monoisotopic (exact) mass is 326 g/mol. The largest absolute Gasteiger partial charge is 0.373 e. The SMILES string of the molecule is CCn1cc([C@@H]2OCC[C@H]2c2nc(CS(C)(=O)=O)no2)cn1. The first-order valence-electron chi connectivity index (χ1n) is 7.10. The Morgan fingerprint density at radius 2 is 2.27 bits per heavy atom. The summed E-state index contributed by atoms with van der Waals surface area (Å²) in [7, 11) is -3.18. The Kier molecular flexibility index (Phi) is 4.00. The predicted octanol–water partition coefficient (Wildman–Crippen LogP) is 1.08. The Morgan fingerprint density at radius 3 is 2.95 bits per heavy atom. The molecule has 0 saturated carbocycles. The summed E-state index contributed by atoms with van der Waals surface area (Å²) >= 11 is 0. The molecule has 3 heterocycles. The molecule has 2 aromatic heterocycles. The summed E-state index contributed by atoms with van der Waals surface area (Å²) in [6.45, 7) is 3.39. The lowest BCUT2D eigenvalue weighted by Crippen LogP contribution is -2.07. The molecule has 8 nitrogen and oxygen atoms in total. The van der Waals surface area contributed by atoms with Crippen molar-refractivity contribution in [3.05, 3.63) is 29.7 Å². The maximum absolute atomic E-state index is 11.3. The second kappa shape index (κ2) is 5.81. The summed E-state index contributed by atoms with van der Waals surface area (Å²) < 4.78 is 35.4. The highest BCUT2D eigenvalue weighted by molar-refractivity contribution is 7.89. The summed E-state index contributed by atoms with van der Waals surface area (Å²) in [4.78, 5) is 4.22. The van der Waals surface area contributed by atoms with E-state index in [0.29, 0.717) is 12.5 Å². The number of aryl methyl sites for hydroxylation is 1. The van der Waals surface area contributed by atoms with Crippen LogP contribution in [0.25, 0.3) is 0 Å². The molecule has 0 amide bonds. The van der Waals surface area contributed by atoms with Crippen molar-refractivity contribution < 1.29 is 17.7 Å². The van der Waals surface area contributed by atoms with Crippen LogP contribution in [0, 0.1) is 0 Å². The van der Waals surface area contributed by atoms with Crippen molar-refractivity contribution in [3.63, 3.8) is 0 Å². The minimum atomic E-state index is -3.18. The van der Waals surface area contributed by atoms with Crippen molar-refractivity contribution in [1.29, 1.82) is 0 Å². The van der Waals surface area contributed by atoms with Gasteiger partial charge in [0.05, 0.1) is 18.2 Å². The van der Waals surface area contributed by atoms with Gasteiger partial charge >= 0.3 is 0 Å². The van der Waals surface area contributed by atoms with Crippen LogP contribution in [0.5, 0.6) is 0 Å². The third-order valence-electron chi connectivity index (χ3n) is 3.59. The van der Waals surface area contributed by atoms with Gasteiger partial charge in [0.2, 0.25) is 5.89 Å². The minimum Gasteiger partial charge on any atom is -0.373 e. The van der Waals surface area contributed by atoms with E-state index in [1.54, 1.807) is 6.20 Å². The molecule has 120 valence electrons. The number of hydrogen-bond donors (Lipinski definition) is 0. The molecule has 0 N–H and O–H groups in total. The lowest BCUT2D eigenvalue weighted by Gasteiger charge is -2.12. The Morgan fingerprint density at radius 1 is 1.45 bits per heavy atom. The fraction of sp³-hybridized carbons (Fsp3) is 0.615. The average molecular weight is 326 g/mol. The van der Waals surface area contributed by atoms with Crippen LogP contribution in [0.1, 0.15) is 42.6 Å². The molecule has 0 radical (unpaired) electrons. The van der Waals surface area contributed by atoms with Gasteiger partial charge in [0.25, 0.3) is 0 Å². The molecule has 2 atom stereocenters. The summed E-state index contributed by atoms with van der Waals surface area (Å²) in [5.74, 6) is 0.316. The Balaban J connectivity index is 1.81. The van der Waals surface area contributed by atoms with Crippen LogP contribution in [0.15, 0.2) is 16.9 Å². The summed E-state index contributed by atoms with van der Waals surface area (Å²) in [5, 5.41) is 8.01. The molecule has 1 fully saturated rings. The highest BCUT2D eigenvalue weighted by Crippen LogP contribution is 2.40. The number of rotatable bonds is 5. The summed E-state index contributed by atoms with van der Waals surface area (Å²) in [6, 6.07) is 0. The van der Waals surface area contributed by atoms with Gasteiger partial charge in [-0.25, -0.2) is 8.42 Å². The van der Waals surface area contributed by atoms with Crippen LogP contribution >= 0.6 is 0 Å². The predicted molar refractivity (Wildman–Crippen MR) is 76.8 cm³/mol. The van der Waals surface area contributed by atoms with Crippen LogP contribution in [-0.4, -0.2) is 41.2 Å². The highest BCUT2D eigenvalue weighted by Gasteiger charge is 2.36. The first-order valence-corrected chi connectivity index (χ1v) is 9.16. The molecular weight excluding hydrogens is 308 g/mol. The van der Waals surface area contributed by atoms with Crippen LogP contribution in [0.3, 0.4) is 0 Å². The lowest BCUT2D eigenvalue weighted by molar-refractivity contribution is 0.0985. The van der Waals surface area contributed by atoms with E-state index in [4.69, 9.17) is 9.26 Å². The molecular formula is C13H18N4O4S. The van der Waals surface area contributed by atoms with E-state index >= 15 is 0 Å². The van der Waals surface area contributed by atoms with Gasteiger partial charge in [-0.3, -0.25) is 4.68 Å². The average Bonchev–Trinajstić information content (AvgIpc) is 3.15. The van der Waals surface area contributed by atoms with Crippen molar-refractivity contribution in [2.24, 2.45) is 0 Å². The molecule has 0 spiro atoms. The molecule has 1 saturated heterocycles. The number of nitrogens with zero attached hydrogens (tertiary/aromatic N) is 4. The minimum absolute atomic E-state index is 0.0738. The van der Waals surface area contributed by atoms with E-state index in [1.165, 1.54) is 0 Å². The van der Waals surface area contributed by atoms with Gasteiger partial charge in [-0.15, -0.1) is 0 Å². The van der Waals surface area contributed by atoms with Crippen molar-refractivity contribution in [1.82, 2.24) is 19.9 Å². The zero-order valence-electron chi connectivity index (χ0n) is 12.5. The van der Waals surface area contributed by atoms with Gasteiger partial charge < -0.3 is 9.26 Å². The second-order valence-electron chi connectivity index (χ2n) is 5.43. The molecule has 1 aliphatic heterocycles. The quantitative estimate of drug-likeness (QED) is 0.810. The second-order valence-corrected chi connectivity index (χ2v) is 7.58. The molecule has 9 heteroatoms. The molecule has 22 heavy (non-hydrogen) atoms. The molecule has 3 rings (SSSR count). The van der Waals surface area contributed by atoms with E-state index < -0.39 is 9.84 Å². The van der Waals surface area contributed by atoms with Crippen LogP contribution in [0.2, 0.25) is 0 Å². The van der Waals surface area contributed by atoms with Crippen LogP contribution in [0.4, 0.5) is 0 Å². The normalized spacial score (nSPS) is 22.3. The van der Waals surface area contributed by atoms with Crippen LogP contribution in [-0.2, 0) is 26.9 Å². The number of aromatic nitrogens is 4. The molecule has 1 aliphatic rings. The topological polar surface area (TPSA) is 100 Å². The van der Waals surface area contributed by atoms with Gasteiger partial charge in [-0.2, -0.15) is 10.1 Å². The molecule has 0 unspecified atom stereocenters. The number of sulfone groups is 1. The zero-order chi connectivity index (χ0) is 15.7. The Bertz CT molecular complexity index is 752. The molecule has 0 aromatic carbocycles. The van der Waals surface area contributed by atoms with Gasteiger partial charge in [0.1, 0.15) is 5.75 Å². The van der Waals surface area contributed by atoms with E-state index in [-0.39, 0.29) is 23.6 Å². The summed E-state index contributed by atoms with van der Waals surface area (Å²) in [6.07, 6.45) is 5.43. The van der Waals surface area contributed by atoms with E-state index in [2.05, 4.69) is 15.2 Å². The first-order chi connectivity index (χ1) is 10.5. The van der Waals surface area contributed by atoms with Crippen molar-refractivity contribution in [2.75, 3.05) is 12.9 Å².